The summed E-state index contributed by atoms with van der Waals surface area (Å²) in [5.74, 6) is 0.174. The summed E-state index contributed by atoms with van der Waals surface area (Å²) in [6, 6.07) is 9.87. The number of rotatable bonds is 6. The molecule has 4 aromatic rings. The number of para-hydroxylation sites is 1. The number of benzene rings is 1. The minimum atomic E-state index is -0.494. The molecule has 0 aliphatic heterocycles. The first-order valence-electron chi connectivity index (χ1n) is 8.63. The van der Waals surface area contributed by atoms with Crippen LogP contribution in [0.1, 0.15) is 27.7 Å². The average Bonchev–Trinajstić information content (AvgIpc) is 3.42. The van der Waals surface area contributed by atoms with Gasteiger partial charge in [-0.3, -0.25) is 0 Å². The molecule has 0 aliphatic carbocycles. The Balaban J connectivity index is 1.58. The third-order valence-corrected chi connectivity index (χ3v) is 6.06. The number of ether oxygens (including phenoxy) is 1. The Hall–Kier alpha value is -3.29. The summed E-state index contributed by atoms with van der Waals surface area (Å²) in [6.07, 6.45) is 1.82. The van der Waals surface area contributed by atoms with Crippen molar-refractivity contribution in [1.29, 1.82) is 5.26 Å². The predicted molar refractivity (Wildman–Crippen MR) is 111 cm³/mol. The van der Waals surface area contributed by atoms with Crippen LogP contribution in [0.5, 0.6) is 0 Å². The topological polar surface area (TPSA) is 131 Å². The molecule has 8 nitrogen and oxygen atoms in total. The number of esters is 1. The molecule has 0 radical (unpaired) electrons. The van der Waals surface area contributed by atoms with E-state index in [1.165, 1.54) is 11.8 Å². The molecule has 10 heteroatoms. The Morgan fingerprint density at radius 1 is 1.41 bits per heavy atom. The number of hydrogen-bond acceptors (Lipinski definition) is 9. The van der Waals surface area contributed by atoms with Crippen LogP contribution in [0, 0.1) is 11.3 Å². The number of H-pyrrole nitrogens is 1. The maximum absolute atomic E-state index is 12.2. The van der Waals surface area contributed by atoms with Crippen molar-refractivity contribution in [2.45, 2.75) is 17.9 Å². The van der Waals surface area contributed by atoms with E-state index in [2.05, 4.69) is 21.3 Å². The average molecular weight is 425 g/mol. The molecule has 0 atom stereocenters. The molecular formula is C19H15N5O3S2. The SMILES string of the molecule is CCOC(=O)c1sc(N)c(C#N)c1CSc1nnc(-c2c[nH]c3ccccc23)o1. The fourth-order valence-corrected chi connectivity index (χ4v) is 4.68. The molecule has 29 heavy (non-hydrogen) atoms. The van der Waals surface area contributed by atoms with Crippen LogP contribution in [0.25, 0.3) is 22.4 Å². The van der Waals surface area contributed by atoms with Crippen molar-refractivity contribution in [2.24, 2.45) is 0 Å². The van der Waals surface area contributed by atoms with Gasteiger partial charge in [-0.05, 0) is 13.0 Å². The molecule has 0 spiro atoms. The normalized spacial score (nSPS) is 10.9. The van der Waals surface area contributed by atoms with E-state index in [-0.39, 0.29) is 22.9 Å². The lowest BCUT2D eigenvalue weighted by Crippen LogP contribution is -2.05. The molecule has 3 aromatic heterocycles. The van der Waals surface area contributed by atoms with Crippen LogP contribution in [-0.2, 0) is 10.5 Å². The van der Waals surface area contributed by atoms with E-state index >= 15 is 0 Å². The first-order valence-corrected chi connectivity index (χ1v) is 10.4. The molecule has 0 aliphatic rings. The smallest absolute Gasteiger partial charge is 0.348 e. The number of carbonyl (C=O) groups is 1. The second kappa shape index (κ2) is 7.98. The summed E-state index contributed by atoms with van der Waals surface area (Å²) in [5.41, 5.74) is 8.48. The van der Waals surface area contributed by atoms with E-state index in [0.717, 1.165) is 27.8 Å². The lowest BCUT2D eigenvalue weighted by molar-refractivity contribution is 0.0531. The van der Waals surface area contributed by atoms with Gasteiger partial charge in [0.05, 0.1) is 17.7 Å². The monoisotopic (exact) mass is 425 g/mol. The fraction of sp³-hybridized carbons (Fsp3) is 0.158. The largest absolute Gasteiger partial charge is 0.462 e. The van der Waals surface area contributed by atoms with Crippen LogP contribution >= 0.6 is 23.1 Å². The van der Waals surface area contributed by atoms with Gasteiger partial charge in [0.1, 0.15) is 15.9 Å². The van der Waals surface area contributed by atoms with Crippen LogP contribution in [0.2, 0.25) is 0 Å². The zero-order chi connectivity index (χ0) is 20.4. The van der Waals surface area contributed by atoms with Gasteiger partial charge in [-0.2, -0.15) is 5.26 Å². The minimum absolute atomic E-state index is 0.239. The first kappa shape index (κ1) is 19.0. The van der Waals surface area contributed by atoms with Gasteiger partial charge in [-0.1, -0.05) is 30.0 Å². The highest BCUT2D eigenvalue weighted by atomic mass is 32.2. The molecule has 3 N–H and O–H groups in total. The minimum Gasteiger partial charge on any atom is -0.462 e. The molecule has 1 aromatic carbocycles. The number of aromatic amines is 1. The van der Waals surface area contributed by atoms with Crippen LogP contribution in [0.3, 0.4) is 0 Å². The number of carbonyl (C=O) groups excluding carboxylic acids is 1. The zero-order valence-electron chi connectivity index (χ0n) is 15.3. The summed E-state index contributed by atoms with van der Waals surface area (Å²) in [6.45, 7) is 1.96. The fourth-order valence-electron chi connectivity index (χ4n) is 2.87. The molecular weight excluding hydrogens is 410 g/mol. The second-order valence-corrected chi connectivity index (χ2v) is 7.87. The van der Waals surface area contributed by atoms with Gasteiger partial charge in [-0.25, -0.2) is 4.79 Å². The van der Waals surface area contributed by atoms with Crippen molar-refractivity contribution in [1.82, 2.24) is 15.2 Å². The van der Waals surface area contributed by atoms with Gasteiger partial charge in [0.25, 0.3) is 11.1 Å². The number of nitrogen functional groups attached to an aromatic ring is 1. The van der Waals surface area contributed by atoms with Crippen LogP contribution in [0.4, 0.5) is 5.00 Å². The van der Waals surface area contributed by atoms with Gasteiger partial charge in [0.15, 0.2) is 0 Å². The zero-order valence-corrected chi connectivity index (χ0v) is 16.9. The van der Waals surface area contributed by atoms with E-state index in [0.29, 0.717) is 21.6 Å². The maximum Gasteiger partial charge on any atom is 0.348 e. The third-order valence-electron chi connectivity index (χ3n) is 4.17. The van der Waals surface area contributed by atoms with Crippen molar-refractivity contribution in [2.75, 3.05) is 12.3 Å². The highest BCUT2D eigenvalue weighted by Gasteiger charge is 2.23. The van der Waals surface area contributed by atoms with Crippen molar-refractivity contribution in [3.63, 3.8) is 0 Å². The number of hydrogen-bond donors (Lipinski definition) is 2. The lowest BCUT2D eigenvalue weighted by Gasteiger charge is -2.02. The Morgan fingerprint density at radius 3 is 3.03 bits per heavy atom. The van der Waals surface area contributed by atoms with Gasteiger partial charge < -0.3 is 19.9 Å². The molecule has 3 heterocycles. The third kappa shape index (κ3) is 3.57. The Labute approximate surface area is 173 Å². The van der Waals surface area contributed by atoms with Crippen molar-refractivity contribution in [3.05, 3.63) is 46.5 Å². The molecule has 4 rings (SSSR count). The Morgan fingerprint density at radius 2 is 2.24 bits per heavy atom. The standard InChI is InChI=1S/C19H15N5O3S2/c1-2-26-18(25)15-13(11(7-20)16(21)29-15)9-28-19-24-23-17(27-19)12-8-22-14-6-4-3-5-10(12)14/h3-6,8,22H,2,9,21H2,1H3. The number of thioether (sulfide) groups is 1. The highest BCUT2D eigenvalue weighted by Crippen LogP contribution is 2.36. The first-order chi connectivity index (χ1) is 14.1. The molecule has 0 saturated heterocycles. The van der Waals surface area contributed by atoms with Gasteiger partial charge in [-0.15, -0.1) is 21.5 Å². The molecule has 0 fully saturated rings. The van der Waals surface area contributed by atoms with Crippen LogP contribution in [-0.4, -0.2) is 27.8 Å². The summed E-state index contributed by atoms with van der Waals surface area (Å²) in [4.78, 5) is 15.7. The molecule has 0 unspecified atom stereocenters. The van der Waals surface area contributed by atoms with Crippen LogP contribution in [0.15, 0.2) is 40.1 Å². The quantitative estimate of drug-likeness (QED) is 0.347. The number of nitriles is 1. The van der Waals surface area contributed by atoms with Crippen molar-refractivity contribution < 1.29 is 13.9 Å². The number of nitrogens with zero attached hydrogens (tertiary/aromatic N) is 3. The van der Waals surface area contributed by atoms with Gasteiger partial charge >= 0.3 is 5.97 Å². The molecule has 0 saturated carbocycles. The van der Waals surface area contributed by atoms with Crippen molar-refractivity contribution in [3.8, 4) is 17.5 Å². The number of nitrogens with two attached hydrogens (primary N) is 1. The van der Waals surface area contributed by atoms with E-state index in [1.54, 1.807) is 6.92 Å². The lowest BCUT2D eigenvalue weighted by atomic mass is 10.2. The van der Waals surface area contributed by atoms with Crippen LogP contribution < -0.4 is 5.73 Å². The highest BCUT2D eigenvalue weighted by molar-refractivity contribution is 7.98. The van der Waals surface area contributed by atoms with Crippen molar-refractivity contribution >= 4 is 45.0 Å². The van der Waals surface area contributed by atoms with E-state index in [4.69, 9.17) is 14.9 Å². The van der Waals surface area contributed by atoms with E-state index < -0.39 is 5.97 Å². The predicted octanol–water partition coefficient (Wildman–Crippen LogP) is 4.20. The number of anilines is 1. The van der Waals surface area contributed by atoms with E-state index in [9.17, 15) is 10.1 Å². The maximum atomic E-state index is 12.2. The Kier molecular flexibility index (Phi) is 5.24. The number of thiophene rings is 1. The number of fused-ring (bicyclic) bond motifs is 1. The summed E-state index contributed by atoms with van der Waals surface area (Å²) in [7, 11) is 0. The van der Waals surface area contributed by atoms with Gasteiger partial charge in [0.2, 0.25) is 0 Å². The summed E-state index contributed by atoms with van der Waals surface area (Å²) in [5, 5.41) is 19.2. The van der Waals surface area contributed by atoms with Gasteiger partial charge in [0, 0.05) is 28.4 Å². The summed E-state index contributed by atoms with van der Waals surface area (Å²) >= 11 is 2.28. The molecule has 0 bridgehead atoms. The molecule has 0 amide bonds. The second-order valence-electron chi connectivity index (χ2n) is 5.89. The number of nitrogens with one attached hydrogen (secondary N) is 1. The Bertz CT molecular complexity index is 1230. The number of aromatic nitrogens is 3. The summed E-state index contributed by atoms with van der Waals surface area (Å²) < 4.78 is 10.8. The van der Waals surface area contributed by atoms with E-state index in [1.807, 2.05) is 30.5 Å². The molecule has 146 valence electrons.